The number of hydrogen-bond donors (Lipinski definition) is 8. The van der Waals surface area contributed by atoms with Crippen LogP contribution in [0.5, 0.6) is 0 Å². The van der Waals surface area contributed by atoms with Gasteiger partial charge in [-0.25, -0.2) is 28.4 Å². The van der Waals surface area contributed by atoms with Crippen LogP contribution in [-0.2, 0) is 27.4 Å². The van der Waals surface area contributed by atoms with Gasteiger partial charge >= 0.3 is 11.9 Å². The molecule has 0 bridgehead atoms. The van der Waals surface area contributed by atoms with Crippen LogP contribution in [0.4, 0.5) is 8.78 Å². The molecule has 400 valence electrons. The summed E-state index contributed by atoms with van der Waals surface area (Å²) in [6.45, 7) is 10.2. The largest absolute Gasteiger partial charge is 0.479 e. The van der Waals surface area contributed by atoms with Gasteiger partial charge in [0.15, 0.2) is 23.8 Å². The quantitative estimate of drug-likeness (QED) is 0.0203. The van der Waals surface area contributed by atoms with Crippen molar-refractivity contribution in [3.8, 4) is 22.3 Å². The average Bonchev–Trinajstić information content (AvgIpc) is 4.08. The van der Waals surface area contributed by atoms with Crippen LogP contribution in [0.25, 0.3) is 22.3 Å². The number of aliphatic hydroxyl groups excluding tert-OH is 3. The van der Waals surface area contributed by atoms with E-state index in [1.807, 2.05) is 27.7 Å². The number of hydrazine groups is 2. The van der Waals surface area contributed by atoms with Gasteiger partial charge in [-0.15, -0.1) is 0 Å². The highest BCUT2D eigenvalue weighted by atomic mass is 35.5. The van der Waals surface area contributed by atoms with Gasteiger partial charge < -0.3 is 25.2 Å². The Bertz CT molecular complexity index is 2900. The number of esters is 1. The lowest BCUT2D eigenvalue weighted by Gasteiger charge is -2.25. The Kier molecular flexibility index (Phi) is 23.3. The molecule has 8 N–H and O–H groups in total. The molecular weight excluding hydrogens is 1020 g/mol. The Labute approximate surface area is 440 Å². The molecule has 0 aliphatic carbocycles. The van der Waals surface area contributed by atoms with E-state index in [1.165, 1.54) is 72.4 Å². The molecule has 2 aromatic heterocycles. The zero-order valence-electron chi connectivity index (χ0n) is 41.7. The first-order valence-electron chi connectivity index (χ1n) is 23.1. The number of carbonyl (C=O) groups is 6. The molecule has 0 spiro atoms. The summed E-state index contributed by atoms with van der Waals surface area (Å²) in [4.78, 5) is 71.5. The van der Waals surface area contributed by atoms with Gasteiger partial charge in [0.1, 0.15) is 34.4 Å². The highest BCUT2D eigenvalue weighted by Gasteiger charge is 2.25. The number of aliphatic carboxylic acids is 1. The van der Waals surface area contributed by atoms with Crippen molar-refractivity contribution in [1.82, 2.24) is 41.3 Å². The number of halogens is 4. The van der Waals surface area contributed by atoms with Gasteiger partial charge in [0, 0.05) is 54.7 Å². The van der Waals surface area contributed by atoms with E-state index in [4.69, 9.17) is 38.2 Å². The number of aromatic amines is 2. The number of amides is 2. The van der Waals surface area contributed by atoms with Crippen LogP contribution >= 0.6 is 23.2 Å². The molecule has 6 rings (SSSR count). The summed E-state index contributed by atoms with van der Waals surface area (Å²) in [5.41, 5.74) is 8.47. The summed E-state index contributed by atoms with van der Waals surface area (Å²) in [6.07, 6.45) is -3.30. The van der Waals surface area contributed by atoms with Gasteiger partial charge in [0.2, 0.25) is 0 Å². The molecule has 0 aliphatic rings. The Morgan fingerprint density at radius 1 is 0.627 bits per heavy atom. The van der Waals surface area contributed by atoms with Crippen LogP contribution in [0.2, 0.25) is 10.0 Å². The average molecular weight is 1080 g/mol. The number of aromatic nitrogens is 4. The topological polar surface area (TPSA) is 280 Å². The standard InChI is InChI=1S/C26H28ClFN4O5.C22H20ClFN4O5.C4H10O/c1-15(2)14-37-26(36)24(34)13-32(31-25(35)23-11-22(16(3)33)29-30-23)12-17-4-6-18(7-5-17)20-10-19(27)8-9-21(20)28;1-12(29)18-9-19(26-25-18)21(31)27-28(11-20(30)22(32)33)10-13-2-4-14(5-3-13)16-8-15(23)6-7-17(16)24;1-4(2)3-5/h4-11,15,24,34H,12-14H2,1-3H3,(H,29,30)(H,31,35);2-9,20,30H,10-11H2,1H3,(H,25,26)(H,27,31)(H,32,33);4-5H,3H2,1-2H3/t24-;20-;/m11./s1. The van der Waals surface area contributed by atoms with Crippen LogP contribution in [-0.4, -0.2) is 125 Å². The molecule has 2 atom stereocenters. The molecule has 6 aromatic rings. The summed E-state index contributed by atoms with van der Waals surface area (Å²) < 4.78 is 33.4. The van der Waals surface area contributed by atoms with Crippen LogP contribution in [0.15, 0.2) is 97.1 Å². The molecule has 0 aliphatic heterocycles. The van der Waals surface area contributed by atoms with Crippen molar-refractivity contribution < 1.29 is 62.7 Å². The molecule has 23 heteroatoms. The normalized spacial score (nSPS) is 11.8. The van der Waals surface area contributed by atoms with Crippen LogP contribution < -0.4 is 10.9 Å². The number of aliphatic hydroxyl groups is 3. The van der Waals surface area contributed by atoms with E-state index < -0.39 is 54.1 Å². The van der Waals surface area contributed by atoms with E-state index in [1.54, 1.807) is 48.5 Å². The van der Waals surface area contributed by atoms with Crippen molar-refractivity contribution in [2.45, 2.75) is 66.8 Å². The van der Waals surface area contributed by atoms with Crippen LogP contribution in [0.1, 0.15) is 94.6 Å². The molecule has 19 nitrogen and oxygen atoms in total. The Morgan fingerprint density at radius 2 is 1.01 bits per heavy atom. The van der Waals surface area contributed by atoms with Gasteiger partial charge in [-0.3, -0.25) is 40.2 Å². The van der Waals surface area contributed by atoms with E-state index >= 15 is 0 Å². The number of nitrogens with zero attached hydrogens (tertiary/aromatic N) is 4. The maximum Gasteiger partial charge on any atom is 0.336 e. The summed E-state index contributed by atoms with van der Waals surface area (Å²) in [5.74, 6) is -4.55. The number of benzene rings is 4. The number of rotatable bonds is 21. The Morgan fingerprint density at radius 3 is 1.35 bits per heavy atom. The van der Waals surface area contributed by atoms with Crippen molar-refractivity contribution in [1.29, 1.82) is 0 Å². The molecule has 4 aromatic carbocycles. The molecule has 0 unspecified atom stereocenters. The number of nitrogens with one attached hydrogen (secondary N) is 4. The van der Waals surface area contributed by atoms with Gasteiger partial charge in [-0.1, -0.05) is 99.4 Å². The molecule has 0 saturated heterocycles. The van der Waals surface area contributed by atoms with Crippen LogP contribution in [0, 0.1) is 23.5 Å². The van der Waals surface area contributed by atoms with Crippen molar-refractivity contribution in [2.24, 2.45) is 11.8 Å². The molecule has 75 heavy (non-hydrogen) atoms. The summed E-state index contributed by atoms with van der Waals surface area (Å²) in [6, 6.07) is 24.6. The third-order valence-electron chi connectivity index (χ3n) is 10.3. The number of carboxylic acids is 1. The fourth-order valence-electron chi connectivity index (χ4n) is 6.32. The summed E-state index contributed by atoms with van der Waals surface area (Å²) in [7, 11) is 0. The minimum absolute atomic E-state index is 0.0122. The number of carboxylic acid groups (broad SMARTS) is 1. The second kappa shape index (κ2) is 29.0. The monoisotopic (exact) mass is 1080 g/mol. The van der Waals surface area contributed by atoms with Gasteiger partial charge in [-0.05, 0) is 82.6 Å². The zero-order valence-corrected chi connectivity index (χ0v) is 43.2. The second-order valence-electron chi connectivity index (χ2n) is 17.7. The third-order valence-corrected chi connectivity index (χ3v) is 10.8. The van der Waals surface area contributed by atoms with E-state index in [0.717, 1.165) is 0 Å². The van der Waals surface area contributed by atoms with Crippen molar-refractivity contribution in [2.75, 3.05) is 26.3 Å². The number of carbonyl (C=O) groups excluding carboxylic acids is 5. The molecular formula is C52H58Cl2F2N8O11. The number of ketones is 2. The fourth-order valence-corrected chi connectivity index (χ4v) is 6.66. The van der Waals surface area contributed by atoms with Crippen molar-refractivity contribution >= 4 is 58.5 Å². The maximum absolute atomic E-state index is 14.2. The molecule has 2 amide bonds. The van der Waals surface area contributed by atoms with E-state index in [2.05, 4.69) is 31.2 Å². The Balaban J connectivity index is 0.000000299. The van der Waals surface area contributed by atoms with Crippen molar-refractivity contribution in [3.63, 3.8) is 0 Å². The van der Waals surface area contributed by atoms with Gasteiger partial charge in [0.25, 0.3) is 11.8 Å². The van der Waals surface area contributed by atoms with Crippen LogP contribution in [0.3, 0.4) is 0 Å². The number of Topliss-reactive ketones (excluding diaryl/α,β-unsaturated/α-hetero) is 2. The summed E-state index contributed by atoms with van der Waals surface area (Å²) >= 11 is 11.9. The first-order valence-corrected chi connectivity index (χ1v) is 23.9. The van der Waals surface area contributed by atoms with E-state index in [-0.39, 0.29) is 66.5 Å². The maximum atomic E-state index is 14.2. The molecule has 0 radical (unpaired) electrons. The number of H-pyrrole nitrogens is 2. The highest BCUT2D eigenvalue weighted by molar-refractivity contribution is 6.31. The predicted molar refractivity (Wildman–Crippen MR) is 274 cm³/mol. The third kappa shape index (κ3) is 19.5. The first-order chi connectivity index (χ1) is 35.4. The predicted octanol–water partition coefficient (Wildman–Crippen LogP) is 7.08. The minimum Gasteiger partial charge on any atom is -0.479 e. The SMILES string of the molecule is CC(=O)c1cc(C(=O)NN(Cc2ccc(-c3cc(Cl)ccc3F)cc2)C[C@@H](O)C(=O)O)[nH]n1.CC(=O)c1cc(C(=O)NN(Cc2ccc(-c3cc(Cl)ccc3F)cc2)C[C@@H](O)C(=O)OCC(C)C)[nH]n1.CC(C)CO. The first kappa shape index (κ1) is 60.3. The summed E-state index contributed by atoms with van der Waals surface area (Å²) in [5, 5.41) is 53.1. The van der Waals surface area contributed by atoms with Crippen molar-refractivity contribution in [3.05, 3.63) is 153 Å². The lowest BCUT2D eigenvalue weighted by atomic mass is 10.0. The molecule has 0 fully saturated rings. The highest BCUT2D eigenvalue weighted by Crippen LogP contribution is 2.28. The number of hydrogen-bond acceptors (Lipinski definition) is 14. The number of ether oxygens (including phenoxy) is 1. The van der Waals surface area contributed by atoms with Gasteiger partial charge in [0.05, 0.1) is 19.7 Å². The second-order valence-corrected chi connectivity index (χ2v) is 18.6. The van der Waals surface area contributed by atoms with Gasteiger partial charge in [-0.2, -0.15) is 10.2 Å². The lowest BCUT2D eigenvalue weighted by molar-refractivity contribution is -0.156. The molecule has 2 heterocycles. The van der Waals surface area contributed by atoms with E-state index in [9.17, 15) is 47.8 Å². The fraction of sp³-hybridized carbons (Fsp3) is 0.308. The van der Waals surface area contributed by atoms with E-state index in [0.29, 0.717) is 56.0 Å². The lowest BCUT2D eigenvalue weighted by Crippen LogP contribution is -2.47. The minimum atomic E-state index is -1.76. The zero-order chi connectivity index (χ0) is 55.5. The Hall–Kier alpha value is -7.24. The molecule has 0 saturated carbocycles. The smallest absolute Gasteiger partial charge is 0.336 e.